The number of hydrogen-bond acceptors (Lipinski definition) is 2. The average molecular weight is 223 g/mol. The fourth-order valence-corrected chi connectivity index (χ4v) is 1.70. The molecule has 1 saturated heterocycles. The number of hydrogen-bond donors (Lipinski definition) is 2. The number of rotatable bonds is 4. The zero-order valence-electron chi connectivity index (χ0n) is 9.19. The number of ether oxygens (including phenoxy) is 1. The van der Waals surface area contributed by atoms with Gasteiger partial charge in [0.1, 0.15) is 0 Å². The maximum Gasteiger partial charge on any atom is 0.315 e. The average Bonchev–Trinajstić information content (AvgIpc) is 2.90. The van der Waals surface area contributed by atoms with Gasteiger partial charge in [-0.15, -0.1) is 0 Å². The van der Waals surface area contributed by atoms with E-state index in [-0.39, 0.29) is 12.1 Å². The van der Waals surface area contributed by atoms with Crippen LogP contribution in [0.2, 0.25) is 0 Å². The molecule has 88 valence electrons. The highest BCUT2D eigenvalue weighted by Crippen LogP contribution is 2.02. The molecule has 0 aromatic carbocycles. The van der Waals surface area contributed by atoms with Crippen LogP contribution in [-0.2, 0) is 11.3 Å². The molecule has 2 amide bonds. The first-order valence-electron chi connectivity index (χ1n) is 5.57. The van der Waals surface area contributed by atoms with E-state index in [4.69, 9.17) is 4.74 Å². The van der Waals surface area contributed by atoms with Gasteiger partial charge in [-0.2, -0.15) is 0 Å². The topological polar surface area (TPSA) is 55.3 Å². The van der Waals surface area contributed by atoms with E-state index < -0.39 is 0 Å². The Kier molecular flexibility index (Phi) is 3.82. The Morgan fingerprint density at radius 3 is 2.94 bits per heavy atom. The van der Waals surface area contributed by atoms with Gasteiger partial charge in [-0.3, -0.25) is 0 Å². The van der Waals surface area contributed by atoms with Crippen molar-refractivity contribution < 1.29 is 9.53 Å². The summed E-state index contributed by atoms with van der Waals surface area (Å²) in [5.74, 6) is 0. The van der Waals surface area contributed by atoms with E-state index in [9.17, 15) is 4.79 Å². The number of urea groups is 1. The number of nitrogens with zero attached hydrogens (tertiary/aromatic N) is 1. The zero-order chi connectivity index (χ0) is 11.2. The summed E-state index contributed by atoms with van der Waals surface area (Å²) < 4.78 is 7.20. The molecule has 2 heterocycles. The number of nitrogens with one attached hydrogen (secondary N) is 2. The summed E-state index contributed by atoms with van der Waals surface area (Å²) in [5, 5.41) is 5.70. The Labute approximate surface area is 94.8 Å². The molecule has 1 aromatic rings. The van der Waals surface area contributed by atoms with E-state index in [2.05, 4.69) is 10.6 Å². The fraction of sp³-hybridized carbons (Fsp3) is 0.545. The second-order valence-corrected chi connectivity index (χ2v) is 3.88. The zero-order valence-corrected chi connectivity index (χ0v) is 9.19. The molecular weight excluding hydrogens is 206 g/mol. The minimum absolute atomic E-state index is 0.109. The van der Waals surface area contributed by atoms with Gasteiger partial charge in [0.25, 0.3) is 0 Å². The lowest BCUT2D eigenvalue weighted by molar-refractivity contribution is 0.188. The number of carbonyl (C=O) groups is 1. The molecule has 16 heavy (non-hydrogen) atoms. The van der Waals surface area contributed by atoms with Crippen LogP contribution in [0.5, 0.6) is 0 Å². The van der Waals surface area contributed by atoms with E-state index in [1.54, 1.807) is 0 Å². The van der Waals surface area contributed by atoms with Crippen LogP contribution >= 0.6 is 0 Å². The van der Waals surface area contributed by atoms with Crippen molar-refractivity contribution >= 4 is 6.03 Å². The highest BCUT2D eigenvalue weighted by atomic mass is 16.5. The van der Waals surface area contributed by atoms with Crippen molar-refractivity contribution in [2.45, 2.75) is 19.0 Å². The van der Waals surface area contributed by atoms with Crippen molar-refractivity contribution in [3.05, 3.63) is 24.5 Å². The number of carbonyl (C=O) groups excluding carboxylic acids is 1. The minimum Gasteiger partial charge on any atom is -0.379 e. The third kappa shape index (κ3) is 3.27. The van der Waals surface area contributed by atoms with Crippen LogP contribution < -0.4 is 10.6 Å². The molecule has 0 bridgehead atoms. The monoisotopic (exact) mass is 223 g/mol. The Hall–Kier alpha value is -1.49. The van der Waals surface area contributed by atoms with Crippen molar-refractivity contribution in [2.75, 3.05) is 19.8 Å². The molecule has 2 rings (SSSR count). The molecule has 2 N–H and O–H groups in total. The van der Waals surface area contributed by atoms with Crippen molar-refractivity contribution in [3.8, 4) is 0 Å². The highest BCUT2D eigenvalue weighted by molar-refractivity contribution is 5.74. The number of aromatic nitrogens is 1. The fourth-order valence-electron chi connectivity index (χ4n) is 1.70. The van der Waals surface area contributed by atoms with E-state index in [1.807, 2.05) is 29.1 Å². The van der Waals surface area contributed by atoms with Gasteiger partial charge in [0, 0.05) is 32.1 Å². The summed E-state index contributed by atoms with van der Waals surface area (Å²) >= 11 is 0. The molecule has 5 nitrogen and oxygen atoms in total. The third-order valence-electron chi connectivity index (χ3n) is 2.59. The van der Waals surface area contributed by atoms with Crippen LogP contribution in [0, 0.1) is 0 Å². The predicted molar refractivity (Wildman–Crippen MR) is 60.2 cm³/mol. The molecular formula is C11H17N3O2. The molecule has 1 aliphatic rings. The van der Waals surface area contributed by atoms with Gasteiger partial charge in [-0.05, 0) is 18.6 Å². The molecule has 5 heteroatoms. The molecule has 1 aliphatic heterocycles. The van der Waals surface area contributed by atoms with Gasteiger partial charge >= 0.3 is 6.03 Å². The van der Waals surface area contributed by atoms with Crippen LogP contribution in [0.15, 0.2) is 24.5 Å². The lowest BCUT2D eigenvalue weighted by atomic mass is 10.3. The second-order valence-electron chi connectivity index (χ2n) is 3.88. The number of amides is 2. The van der Waals surface area contributed by atoms with E-state index in [0.29, 0.717) is 13.2 Å². The van der Waals surface area contributed by atoms with Gasteiger partial charge in [0.05, 0.1) is 12.6 Å². The van der Waals surface area contributed by atoms with Gasteiger partial charge in [0.2, 0.25) is 0 Å². The quantitative estimate of drug-likeness (QED) is 0.784. The lowest BCUT2D eigenvalue weighted by Crippen LogP contribution is -2.43. The van der Waals surface area contributed by atoms with Crippen LogP contribution in [0.1, 0.15) is 6.42 Å². The summed E-state index contributed by atoms with van der Waals surface area (Å²) in [5.41, 5.74) is 0. The molecule has 0 spiro atoms. The summed E-state index contributed by atoms with van der Waals surface area (Å²) in [6.45, 7) is 2.80. The smallest absolute Gasteiger partial charge is 0.315 e. The molecule has 1 atom stereocenters. The molecule has 0 aliphatic carbocycles. The van der Waals surface area contributed by atoms with Crippen LogP contribution in [0.4, 0.5) is 4.79 Å². The molecule has 1 unspecified atom stereocenters. The van der Waals surface area contributed by atoms with E-state index in [0.717, 1.165) is 19.6 Å². The molecule has 0 saturated carbocycles. The van der Waals surface area contributed by atoms with Gasteiger partial charge in [-0.25, -0.2) is 4.79 Å². The van der Waals surface area contributed by atoms with Gasteiger partial charge < -0.3 is 19.9 Å². The first kappa shape index (κ1) is 11.0. The Balaban J connectivity index is 1.60. The van der Waals surface area contributed by atoms with Crippen LogP contribution in [0.25, 0.3) is 0 Å². The Bertz CT molecular complexity index is 318. The second kappa shape index (κ2) is 5.55. The van der Waals surface area contributed by atoms with Crippen molar-refractivity contribution in [2.24, 2.45) is 0 Å². The maximum atomic E-state index is 11.4. The molecule has 1 aromatic heterocycles. The summed E-state index contributed by atoms with van der Waals surface area (Å²) in [6, 6.07) is 4.00. The molecule has 0 radical (unpaired) electrons. The maximum absolute atomic E-state index is 11.4. The summed E-state index contributed by atoms with van der Waals surface area (Å²) in [7, 11) is 0. The summed E-state index contributed by atoms with van der Waals surface area (Å²) in [4.78, 5) is 11.4. The highest BCUT2D eigenvalue weighted by Gasteiger charge is 2.16. The normalized spacial score (nSPS) is 19.6. The SMILES string of the molecule is O=C(NCCn1cccc1)NC1CCOC1. The minimum atomic E-state index is -0.109. The van der Waals surface area contributed by atoms with E-state index >= 15 is 0 Å². The lowest BCUT2D eigenvalue weighted by Gasteiger charge is -2.12. The van der Waals surface area contributed by atoms with Gasteiger partial charge in [0.15, 0.2) is 0 Å². The van der Waals surface area contributed by atoms with Crippen molar-refractivity contribution in [1.29, 1.82) is 0 Å². The third-order valence-corrected chi connectivity index (χ3v) is 2.59. The van der Waals surface area contributed by atoms with Crippen LogP contribution in [0.3, 0.4) is 0 Å². The first-order chi connectivity index (χ1) is 7.84. The summed E-state index contributed by atoms with van der Waals surface area (Å²) in [6.07, 6.45) is 4.86. The largest absolute Gasteiger partial charge is 0.379 e. The van der Waals surface area contributed by atoms with Crippen molar-refractivity contribution in [3.63, 3.8) is 0 Å². The predicted octanol–water partition coefficient (Wildman–Crippen LogP) is 0.576. The Morgan fingerprint density at radius 1 is 1.44 bits per heavy atom. The molecule has 1 fully saturated rings. The van der Waals surface area contributed by atoms with E-state index in [1.165, 1.54) is 0 Å². The van der Waals surface area contributed by atoms with Gasteiger partial charge in [-0.1, -0.05) is 0 Å². The Morgan fingerprint density at radius 2 is 2.25 bits per heavy atom. The van der Waals surface area contributed by atoms with Crippen molar-refractivity contribution in [1.82, 2.24) is 15.2 Å². The van der Waals surface area contributed by atoms with Crippen LogP contribution in [-0.4, -0.2) is 36.4 Å². The standard InChI is InChI=1S/C11H17N3O2/c15-11(13-10-3-8-16-9-10)12-4-7-14-5-1-2-6-14/h1-2,5-6,10H,3-4,7-9H2,(H2,12,13,15). The first-order valence-corrected chi connectivity index (χ1v) is 5.57.